The van der Waals surface area contributed by atoms with E-state index in [-0.39, 0.29) is 0 Å². The highest BCUT2D eigenvalue weighted by Crippen LogP contribution is 2.46. The van der Waals surface area contributed by atoms with E-state index in [4.69, 9.17) is 0 Å². The van der Waals surface area contributed by atoms with E-state index in [1.165, 1.54) is 107 Å². The lowest BCUT2D eigenvalue weighted by molar-refractivity contribution is 1.58. The number of benzene rings is 9. The molecule has 0 aliphatic rings. The molecule has 56 heavy (non-hydrogen) atoms. The number of hydrogen-bond acceptors (Lipinski definition) is 2. The summed E-state index contributed by atoms with van der Waals surface area (Å²) in [5.74, 6) is 0. The molecule has 2 heterocycles. The molecule has 11 rings (SSSR count). The first-order valence-electron chi connectivity index (χ1n) is 19.1. The van der Waals surface area contributed by atoms with E-state index >= 15 is 0 Å². The van der Waals surface area contributed by atoms with Gasteiger partial charge in [0.25, 0.3) is 0 Å². The van der Waals surface area contributed by atoms with Crippen molar-refractivity contribution in [3.8, 4) is 66.8 Å². The van der Waals surface area contributed by atoms with Crippen LogP contribution in [0.15, 0.2) is 206 Å². The second-order valence-electron chi connectivity index (χ2n) is 14.4. The molecular formula is C54H34S2. The zero-order valence-corrected chi connectivity index (χ0v) is 32.1. The van der Waals surface area contributed by atoms with Crippen LogP contribution in [-0.4, -0.2) is 0 Å². The van der Waals surface area contributed by atoms with E-state index in [1.807, 2.05) is 22.7 Å². The number of thiophene rings is 2. The van der Waals surface area contributed by atoms with Gasteiger partial charge in [-0.1, -0.05) is 194 Å². The lowest BCUT2D eigenvalue weighted by atomic mass is 9.95. The zero-order valence-electron chi connectivity index (χ0n) is 30.4. The minimum absolute atomic E-state index is 1.21. The Morgan fingerprint density at radius 3 is 0.839 bits per heavy atom. The molecule has 9 aromatic carbocycles. The molecule has 0 saturated carbocycles. The smallest absolute Gasteiger partial charge is 0.0434 e. The SMILES string of the molecule is c1ccc(-c2cccc3c2sc2c(-c4cccc(-c5ccc(-c6cccc(-c7cccc8c7sc7c(-c9ccccc9)cccc78)c6)cc5)c4)cccc23)cc1. The molecule has 0 saturated heterocycles. The quantitative estimate of drug-likeness (QED) is 0.159. The molecule has 11 aromatic rings. The van der Waals surface area contributed by atoms with Gasteiger partial charge in [-0.25, -0.2) is 0 Å². The Hall–Kier alpha value is -6.58. The third-order valence-electron chi connectivity index (χ3n) is 11.1. The van der Waals surface area contributed by atoms with Gasteiger partial charge >= 0.3 is 0 Å². The first-order chi connectivity index (χ1) is 27.8. The van der Waals surface area contributed by atoms with Crippen LogP contribution in [0, 0.1) is 0 Å². The Morgan fingerprint density at radius 2 is 0.482 bits per heavy atom. The van der Waals surface area contributed by atoms with Crippen LogP contribution in [0.2, 0.25) is 0 Å². The number of fused-ring (bicyclic) bond motifs is 6. The third kappa shape index (κ3) is 5.57. The van der Waals surface area contributed by atoms with Gasteiger partial charge in [0, 0.05) is 40.3 Å². The summed E-state index contributed by atoms with van der Waals surface area (Å²) >= 11 is 3.81. The molecular weight excluding hydrogens is 713 g/mol. The van der Waals surface area contributed by atoms with Crippen LogP contribution in [0.25, 0.3) is 107 Å². The molecule has 0 spiro atoms. The fraction of sp³-hybridized carbons (Fsp3) is 0. The highest BCUT2D eigenvalue weighted by Gasteiger charge is 2.16. The van der Waals surface area contributed by atoms with Crippen LogP contribution < -0.4 is 0 Å². The molecule has 0 atom stereocenters. The van der Waals surface area contributed by atoms with E-state index in [0.29, 0.717) is 0 Å². The summed E-state index contributed by atoms with van der Waals surface area (Å²) in [5.41, 5.74) is 15.0. The lowest BCUT2D eigenvalue weighted by Crippen LogP contribution is -1.84. The molecule has 0 bridgehead atoms. The highest BCUT2D eigenvalue weighted by atomic mass is 32.1. The van der Waals surface area contributed by atoms with Gasteiger partial charge in [-0.2, -0.15) is 0 Å². The van der Waals surface area contributed by atoms with Gasteiger partial charge in [-0.3, -0.25) is 0 Å². The van der Waals surface area contributed by atoms with Gasteiger partial charge in [-0.15, -0.1) is 22.7 Å². The second kappa shape index (κ2) is 13.6. The molecule has 0 nitrogen and oxygen atoms in total. The first kappa shape index (κ1) is 32.8. The molecule has 0 fully saturated rings. The van der Waals surface area contributed by atoms with Gasteiger partial charge in [0.05, 0.1) is 0 Å². The average molecular weight is 747 g/mol. The minimum atomic E-state index is 1.21. The maximum Gasteiger partial charge on any atom is 0.0434 e. The molecule has 2 aromatic heterocycles. The van der Waals surface area contributed by atoms with Crippen LogP contribution in [0.4, 0.5) is 0 Å². The van der Waals surface area contributed by atoms with Gasteiger partial charge in [0.1, 0.15) is 0 Å². The maximum atomic E-state index is 2.35. The Labute approximate surface area is 334 Å². The van der Waals surface area contributed by atoms with E-state index in [0.717, 1.165) is 0 Å². The predicted octanol–water partition coefficient (Wildman–Crippen LogP) is 16.4. The predicted molar refractivity (Wildman–Crippen MR) is 245 cm³/mol. The van der Waals surface area contributed by atoms with E-state index in [9.17, 15) is 0 Å². The topological polar surface area (TPSA) is 0 Å². The van der Waals surface area contributed by atoms with Gasteiger partial charge in [0.15, 0.2) is 0 Å². The summed E-state index contributed by atoms with van der Waals surface area (Å²) in [5, 5.41) is 5.28. The van der Waals surface area contributed by atoms with Crippen LogP contribution >= 0.6 is 22.7 Å². The van der Waals surface area contributed by atoms with Crippen LogP contribution in [-0.2, 0) is 0 Å². The number of rotatable bonds is 6. The van der Waals surface area contributed by atoms with Crippen molar-refractivity contribution in [3.63, 3.8) is 0 Å². The Bertz CT molecular complexity index is 3000. The lowest BCUT2D eigenvalue weighted by Gasteiger charge is -2.10. The van der Waals surface area contributed by atoms with Gasteiger partial charge in [0.2, 0.25) is 0 Å². The summed E-state index contributed by atoms with van der Waals surface area (Å²) in [7, 11) is 0. The monoisotopic (exact) mass is 746 g/mol. The Kier molecular flexibility index (Phi) is 7.98. The molecule has 0 aliphatic heterocycles. The highest BCUT2D eigenvalue weighted by molar-refractivity contribution is 7.27. The van der Waals surface area contributed by atoms with Crippen molar-refractivity contribution in [1.29, 1.82) is 0 Å². The van der Waals surface area contributed by atoms with Gasteiger partial charge < -0.3 is 0 Å². The molecule has 0 unspecified atom stereocenters. The summed E-state index contributed by atoms with van der Waals surface area (Å²) in [6.07, 6.45) is 0. The number of hydrogen-bond donors (Lipinski definition) is 0. The summed E-state index contributed by atoms with van der Waals surface area (Å²) < 4.78 is 5.35. The molecule has 2 heteroatoms. The third-order valence-corrected chi connectivity index (χ3v) is 13.7. The van der Waals surface area contributed by atoms with Crippen LogP contribution in [0.3, 0.4) is 0 Å². The van der Waals surface area contributed by atoms with E-state index < -0.39 is 0 Å². The van der Waals surface area contributed by atoms with E-state index in [1.54, 1.807) is 0 Å². The molecule has 262 valence electrons. The van der Waals surface area contributed by atoms with Crippen molar-refractivity contribution in [2.45, 2.75) is 0 Å². The normalized spacial score (nSPS) is 11.6. The van der Waals surface area contributed by atoms with Crippen molar-refractivity contribution in [3.05, 3.63) is 206 Å². The summed E-state index contributed by atoms with van der Waals surface area (Å²) in [6, 6.07) is 75.5. The van der Waals surface area contributed by atoms with Crippen LogP contribution in [0.5, 0.6) is 0 Å². The fourth-order valence-corrected chi connectivity index (χ4v) is 11.1. The van der Waals surface area contributed by atoms with Crippen LogP contribution in [0.1, 0.15) is 0 Å². The zero-order chi connectivity index (χ0) is 37.0. The van der Waals surface area contributed by atoms with Crippen molar-refractivity contribution >= 4 is 63.0 Å². The fourth-order valence-electron chi connectivity index (χ4n) is 8.37. The van der Waals surface area contributed by atoms with Gasteiger partial charge in [-0.05, 0) is 78.9 Å². The Balaban J connectivity index is 0.927. The first-order valence-corrected chi connectivity index (χ1v) is 20.7. The van der Waals surface area contributed by atoms with Crippen molar-refractivity contribution in [2.75, 3.05) is 0 Å². The molecule has 0 aliphatic carbocycles. The Morgan fingerprint density at radius 1 is 0.196 bits per heavy atom. The average Bonchev–Trinajstić information content (AvgIpc) is 3.86. The summed E-state index contributed by atoms with van der Waals surface area (Å²) in [6.45, 7) is 0. The minimum Gasteiger partial charge on any atom is -0.134 e. The molecule has 0 radical (unpaired) electrons. The van der Waals surface area contributed by atoms with Crippen molar-refractivity contribution in [1.82, 2.24) is 0 Å². The molecule has 0 N–H and O–H groups in total. The maximum absolute atomic E-state index is 2.35. The summed E-state index contributed by atoms with van der Waals surface area (Å²) in [4.78, 5) is 0. The largest absolute Gasteiger partial charge is 0.134 e. The second-order valence-corrected chi connectivity index (χ2v) is 16.4. The van der Waals surface area contributed by atoms with Crippen molar-refractivity contribution < 1.29 is 0 Å². The standard InChI is InChI=1S/C54H34S2/c1-3-13-37(14-4-1)43-21-9-25-47-49-27-11-23-45(53(49)55-51(43)47)41-19-7-17-39(33-41)35-29-31-36(32-30-35)40-18-8-20-42(34-40)46-24-12-28-50-48-26-10-22-44(52(48)56-54(46)50)38-15-5-2-6-16-38/h1-34H. The van der Waals surface area contributed by atoms with Crippen molar-refractivity contribution in [2.24, 2.45) is 0 Å². The van der Waals surface area contributed by atoms with E-state index in [2.05, 4.69) is 206 Å². The molecule has 0 amide bonds.